The number of halogens is 2. The number of carboxylic acid groups (broad SMARTS) is 3. The van der Waals surface area contributed by atoms with Crippen LogP contribution in [0, 0.1) is 0 Å². The summed E-state index contributed by atoms with van der Waals surface area (Å²) in [6.07, 6.45) is 17.1. The summed E-state index contributed by atoms with van der Waals surface area (Å²) in [5, 5.41) is 52.9. The van der Waals surface area contributed by atoms with E-state index in [1.165, 1.54) is 58.3 Å². The molecule has 0 saturated carbocycles. The fraction of sp³-hybridized carbons (Fsp3) is 0.811. The number of nitrogens with one attached hydrogen (secondary N) is 7. The summed E-state index contributed by atoms with van der Waals surface area (Å²) in [5.74, 6) is -6.95. The van der Waals surface area contributed by atoms with Crippen molar-refractivity contribution in [1.29, 1.82) is 0 Å². The summed E-state index contributed by atoms with van der Waals surface area (Å²) >= 11 is -0.344. The van der Waals surface area contributed by atoms with Crippen LogP contribution in [0.25, 0.3) is 0 Å². The molecule has 0 bridgehead atoms. The molecule has 5 atom stereocenters. The van der Waals surface area contributed by atoms with Gasteiger partial charge in [-0.3, -0.25) is 38.4 Å². The second kappa shape index (κ2) is 52.7. The highest BCUT2D eigenvalue weighted by Gasteiger charge is 2.28. The molecule has 0 aromatic rings. The van der Waals surface area contributed by atoms with Crippen LogP contribution in [0.15, 0.2) is 0 Å². The van der Waals surface area contributed by atoms with Gasteiger partial charge in [-0.1, -0.05) is 106 Å². The number of hydrogen-bond donors (Lipinski definition) is 12. The third-order valence-corrected chi connectivity index (χ3v) is 18.1. The lowest BCUT2D eigenvalue weighted by molar-refractivity contribution is -0.143. The molecule has 0 rings (SSSR count). The maximum atomic E-state index is 12.7. The van der Waals surface area contributed by atoms with E-state index >= 15 is 0 Å². The molecule has 5 unspecified atom stereocenters. The fourth-order valence-electron chi connectivity index (χ4n) is 7.83. The molecule has 0 fully saturated rings. The Bertz CT molecular complexity index is 1840. The average Bonchev–Trinajstić information content (AvgIpc) is 3.41. The Labute approximate surface area is 493 Å². The van der Waals surface area contributed by atoms with Gasteiger partial charge in [0.15, 0.2) is 0 Å². The highest BCUT2D eigenvalue weighted by Crippen LogP contribution is 2.16. The summed E-state index contributed by atoms with van der Waals surface area (Å²) in [5.41, 5.74) is 5.29. The van der Waals surface area contributed by atoms with Crippen LogP contribution in [0.4, 0.5) is 0 Å². The number of amides is 7. The van der Waals surface area contributed by atoms with Gasteiger partial charge in [-0.25, -0.2) is 13.1 Å². The van der Waals surface area contributed by atoms with E-state index in [1.54, 1.807) is 0 Å². The lowest BCUT2D eigenvalue weighted by Gasteiger charge is -2.22. The molecule has 0 aromatic heterocycles. The second-order valence-corrected chi connectivity index (χ2v) is 29.5. The predicted octanol–water partition coefficient (Wildman–Crippen LogP) is 3.09. The summed E-state index contributed by atoms with van der Waals surface area (Å²) < 4.78 is 24.7. The minimum absolute atomic E-state index is 0.0261. The number of aliphatic hydroxyl groups excluding tert-OH is 1. The number of ether oxygens (including phenoxy) is 4. The first-order valence-electron chi connectivity index (χ1n) is 28.4. The third-order valence-electron chi connectivity index (χ3n) is 12.4. The SMILES string of the molecule is CI=INC(CCCCNC(=O)COCCOCCNC(=O)COCCOCCNC(=O)CCC(NC(=O)CCC(NC(=O)CCCCCCCCCCCCCCCCCCC(=O)O)C(=O)O)C(=O)O)C(=O)NC(C(N)=O)C(C)O. The summed E-state index contributed by atoms with van der Waals surface area (Å²) in [6.45, 7) is 2.57. The number of carboxylic acids is 3. The van der Waals surface area contributed by atoms with E-state index < -0.39 is 77.7 Å². The number of aliphatic carboxylic acids is 3. The molecule has 7 amide bonds. The van der Waals surface area contributed by atoms with E-state index in [9.17, 15) is 63.3 Å². The predicted molar refractivity (Wildman–Crippen MR) is 318 cm³/mol. The summed E-state index contributed by atoms with van der Waals surface area (Å²) in [7, 11) is 0. The van der Waals surface area contributed by atoms with Crippen molar-refractivity contribution in [1.82, 2.24) is 35.4 Å². The molecule has 0 aliphatic rings. The Morgan fingerprint density at radius 3 is 1.28 bits per heavy atom. The van der Waals surface area contributed by atoms with Gasteiger partial charge in [-0.2, -0.15) is 0 Å². The highest BCUT2D eigenvalue weighted by atomic mass is 128. The fourth-order valence-corrected chi connectivity index (χ4v) is 12.4. The van der Waals surface area contributed by atoms with E-state index in [4.69, 9.17) is 29.8 Å². The number of primary amides is 1. The van der Waals surface area contributed by atoms with Crippen molar-refractivity contribution in [3.63, 3.8) is 0 Å². The van der Waals surface area contributed by atoms with Crippen LogP contribution in [-0.2, 0) is 66.9 Å². The van der Waals surface area contributed by atoms with Crippen molar-refractivity contribution < 1.29 is 87.3 Å². The number of carbonyl (C=O) groups is 10. The number of alkyl halides is 1. The third kappa shape index (κ3) is 48.0. The Balaban J connectivity index is 3.98. The van der Waals surface area contributed by atoms with Gasteiger partial charge in [0.2, 0.25) is 41.4 Å². The quantitative estimate of drug-likeness (QED) is 0.0180. The van der Waals surface area contributed by atoms with Crippen LogP contribution in [0.5, 0.6) is 0 Å². The molecule has 470 valence electrons. The summed E-state index contributed by atoms with van der Waals surface area (Å²) in [4.78, 5) is 122. The topological polar surface area (TPSA) is 399 Å². The van der Waals surface area contributed by atoms with Crippen molar-refractivity contribution >= 4 is 92.7 Å². The maximum absolute atomic E-state index is 12.7. The van der Waals surface area contributed by atoms with Crippen LogP contribution in [0.3, 0.4) is 0 Å². The molecular weight excluding hydrogens is 1290 g/mol. The summed E-state index contributed by atoms with van der Waals surface area (Å²) in [6, 6.07) is -4.42. The molecule has 0 heterocycles. The van der Waals surface area contributed by atoms with Gasteiger partial charge in [-0.15, -0.1) is 0 Å². The number of unbranched alkanes of at least 4 members (excludes halogenated alkanes) is 16. The standard InChI is InChI=1S/C53H96I2N8O18/c1-39(64)49(50(56)72)62-51(73)40(63-55-54-2)21-19-20-28-57-46(68)37-80-35-34-79-32-30-59-47(69)38-81-36-33-78-31-29-58-43(65)26-24-41(52(74)75)61-45(67)27-25-42(53(76)77)60-44(66)22-17-15-13-11-9-7-5-3-4-6-8-10-12-14-16-18-23-48(70)71/h39-42,49,63-64H,3-38H2,1-2H3,(H2,56,72)(H,57,68)(H,58,65)(H,59,69)(H,60,66)(H,61,67)(H,62,73)(H,70,71)(H,74,75)(H,76,77). The average molecular weight is 1390 g/mol. The molecule has 0 aromatic carbocycles. The molecule has 28 heteroatoms. The maximum Gasteiger partial charge on any atom is 0.326 e. The van der Waals surface area contributed by atoms with Crippen molar-refractivity contribution in [3.8, 4) is 0 Å². The zero-order valence-electron chi connectivity index (χ0n) is 47.7. The molecule has 0 saturated heterocycles. The molecule has 0 aliphatic carbocycles. The largest absolute Gasteiger partial charge is 0.481 e. The van der Waals surface area contributed by atoms with Gasteiger partial charge in [0, 0.05) is 62.2 Å². The van der Waals surface area contributed by atoms with E-state index in [0.717, 1.165) is 44.9 Å². The van der Waals surface area contributed by atoms with E-state index in [2.05, 4.69) is 40.4 Å². The van der Waals surface area contributed by atoms with Gasteiger partial charge in [0.05, 0.1) is 51.8 Å². The molecule has 26 nitrogen and oxygen atoms in total. The minimum Gasteiger partial charge on any atom is -0.481 e. The molecule has 0 spiro atoms. The number of hydrogen-bond acceptors (Lipinski definition) is 16. The first-order chi connectivity index (χ1) is 38.9. The zero-order chi connectivity index (χ0) is 60.3. The first kappa shape index (κ1) is 76.9. The molecule has 81 heavy (non-hydrogen) atoms. The second-order valence-electron chi connectivity index (χ2n) is 19.4. The van der Waals surface area contributed by atoms with Crippen LogP contribution in [0.1, 0.15) is 167 Å². The van der Waals surface area contributed by atoms with Gasteiger partial charge < -0.3 is 77.0 Å². The van der Waals surface area contributed by atoms with E-state index in [-0.39, 0.29) is 150 Å². The van der Waals surface area contributed by atoms with Gasteiger partial charge >= 0.3 is 17.9 Å². The monoisotopic (exact) mass is 1390 g/mol. The van der Waals surface area contributed by atoms with Crippen LogP contribution in [-0.4, -0.2) is 187 Å². The molecular formula is C53H96I2N8O18. The zero-order valence-corrected chi connectivity index (χ0v) is 52.0. The number of carbonyl (C=O) groups excluding carboxylic acids is 7. The normalized spacial score (nSPS) is 13.3. The molecule has 13 N–H and O–H groups in total. The van der Waals surface area contributed by atoms with E-state index in [1.807, 2.05) is 0 Å². The van der Waals surface area contributed by atoms with Crippen molar-refractivity contribution in [3.05, 3.63) is 0 Å². The van der Waals surface area contributed by atoms with Crippen LogP contribution >= 0.6 is 33.5 Å². The highest BCUT2D eigenvalue weighted by molar-refractivity contribution is 14.8. The van der Waals surface area contributed by atoms with Crippen LogP contribution in [0.2, 0.25) is 0 Å². The van der Waals surface area contributed by atoms with Gasteiger partial charge in [0.25, 0.3) is 0 Å². The Hall–Kier alpha value is -4.08. The van der Waals surface area contributed by atoms with Crippen molar-refractivity contribution in [2.75, 3.05) is 77.4 Å². The number of rotatable bonds is 56. The number of nitrogens with two attached hydrogens (primary N) is 1. The van der Waals surface area contributed by atoms with Crippen molar-refractivity contribution in [2.24, 2.45) is 5.73 Å². The molecule has 0 radical (unpaired) electrons. The minimum atomic E-state index is -1.40. The smallest absolute Gasteiger partial charge is 0.326 e. The molecule has 0 aliphatic heterocycles. The van der Waals surface area contributed by atoms with Crippen molar-refractivity contribution in [2.45, 2.75) is 198 Å². The number of aliphatic hydroxyl groups is 1. The Kier molecular flexibility index (Phi) is 50.0. The lowest BCUT2D eigenvalue weighted by atomic mass is 10.0. The van der Waals surface area contributed by atoms with Gasteiger partial charge in [-0.05, 0) is 56.8 Å². The van der Waals surface area contributed by atoms with E-state index in [0.29, 0.717) is 32.2 Å². The first-order valence-corrected chi connectivity index (χ1v) is 37.9. The van der Waals surface area contributed by atoms with Gasteiger partial charge in [0.1, 0.15) is 31.3 Å². The Morgan fingerprint density at radius 1 is 0.444 bits per heavy atom. The lowest BCUT2D eigenvalue weighted by Crippen LogP contribution is -2.54. The van der Waals surface area contributed by atoms with Crippen LogP contribution < -0.4 is 41.2 Å². The Morgan fingerprint density at radius 2 is 0.852 bits per heavy atom.